The highest BCUT2D eigenvalue weighted by Gasteiger charge is 2.37. The molecule has 72 valence electrons. The predicted molar refractivity (Wildman–Crippen MR) is 53.4 cm³/mol. The van der Waals surface area contributed by atoms with Crippen molar-refractivity contribution in [2.45, 2.75) is 46.0 Å². The van der Waals surface area contributed by atoms with Gasteiger partial charge in [-0.1, -0.05) is 18.9 Å². The normalized spacial score (nSPS) is 32.9. The fourth-order valence-electron chi connectivity index (χ4n) is 2.45. The molecule has 0 bridgehead atoms. The lowest BCUT2D eigenvalue weighted by atomic mass is 10.0. The average Bonchev–Trinajstić information content (AvgIpc) is 2.81. The molecule has 2 atom stereocenters. The quantitative estimate of drug-likeness (QED) is 0.649. The van der Waals surface area contributed by atoms with Crippen molar-refractivity contribution in [3.8, 4) is 0 Å². The summed E-state index contributed by atoms with van der Waals surface area (Å²) in [4.78, 5) is 11.5. The van der Waals surface area contributed by atoms with Crippen LogP contribution in [0.2, 0.25) is 0 Å². The molecule has 1 saturated carbocycles. The molecule has 0 saturated heterocycles. The predicted octanol–water partition coefficient (Wildman–Crippen LogP) is 3.10. The third kappa shape index (κ3) is 1.70. The van der Waals surface area contributed by atoms with E-state index in [0.29, 0.717) is 5.78 Å². The Hall–Kier alpha value is -0.590. The molecule has 0 aliphatic heterocycles. The summed E-state index contributed by atoms with van der Waals surface area (Å²) >= 11 is 0. The molecule has 0 amide bonds. The SMILES string of the molecule is CCC1CC1CC1=C(C)CCC1=O. The zero-order chi connectivity index (χ0) is 9.42. The second kappa shape index (κ2) is 3.28. The minimum Gasteiger partial charge on any atom is -0.295 e. The second-order valence-electron chi connectivity index (χ2n) is 4.55. The Morgan fingerprint density at radius 3 is 2.54 bits per heavy atom. The van der Waals surface area contributed by atoms with E-state index in [1.165, 1.54) is 24.0 Å². The number of Topliss-reactive ketones (excluding diaryl/α,β-unsaturated/α-hetero) is 1. The highest BCUT2D eigenvalue weighted by molar-refractivity contribution is 5.98. The highest BCUT2D eigenvalue weighted by atomic mass is 16.1. The molecule has 0 radical (unpaired) electrons. The first kappa shape index (κ1) is 8.98. The number of carbonyl (C=O) groups excluding carboxylic acids is 1. The van der Waals surface area contributed by atoms with Crippen LogP contribution in [-0.4, -0.2) is 5.78 Å². The number of hydrogen-bond acceptors (Lipinski definition) is 1. The molecule has 0 aromatic carbocycles. The molecule has 0 aromatic rings. The van der Waals surface area contributed by atoms with Crippen LogP contribution < -0.4 is 0 Å². The van der Waals surface area contributed by atoms with Gasteiger partial charge >= 0.3 is 0 Å². The van der Waals surface area contributed by atoms with E-state index in [9.17, 15) is 4.79 Å². The average molecular weight is 178 g/mol. The number of ketones is 1. The Morgan fingerprint density at radius 2 is 2.08 bits per heavy atom. The van der Waals surface area contributed by atoms with E-state index in [1.807, 2.05) is 0 Å². The Labute approximate surface area is 80.2 Å². The van der Waals surface area contributed by atoms with Crippen molar-refractivity contribution < 1.29 is 4.79 Å². The van der Waals surface area contributed by atoms with Crippen LogP contribution in [0.25, 0.3) is 0 Å². The van der Waals surface area contributed by atoms with Gasteiger partial charge in [-0.25, -0.2) is 0 Å². The monoisotopic (exact) mass is 178 g/mol. The number of allylic oxidation sites excluding steroid dienone is 2. The van der Waals surface area contributed by atoms with Crippen molar-refractivity contribution in [1.29, 1.82) is 0 Å². The maximum Gasteiger partial charge on any atom is 0.159 e. The largest absolute Gasteiger partial charge is 0.295 e. The summed E-state index contributed by atoms with van der Waals surface area (Å²) in [5.41, 5.74) is 2.55. The lowest BCUT2D eigenvalue weighted by Gasteiger charge is -2.01. The molecule has 0 heterocycles. The second-order valence-corrected chi connectivity index (χ2v) is 4.55. The smallest absolute Gasteiger partial charge is 0.159 e. The Morgan fingerprint density at radius 1 is 1.31 bits per heavy atom. The molecule has 13 heavy (non-hydrogen) atoms. The third-order valence-corrected chi connectivity index (χ3v) is 3.64. The van der Waals surface area contributed by atoms with Gasteiger partial charge in [0.2, 0.25) is 0 Å². The van der Waals surface area contributed by atoms with Gasteiger partial charge in [0.05, 0.1) is 0 Å². The van der Waals surface area contributed by atoms with Gasteiger partial charge in [-0.3, -0.25) is 4.79 Å². The van der Waals surface area contributed by atoms with E-state index in [1.54, 1.807) is 0 Å². The molecule has 2 aliphatic rings. The lowest BCUT2D eigenvalue weighted by molar-refractivity contribution is -0.115. The first-order valence-corrected chi connectivity index (χ1v) is 5.44. The topological polar surface area (TPSA) is 17.1 Å². The van der Waals surface area contributed by atoms with Crippen molar-refractivity contribution in [1.82, 2.24) is 0 Å². The molecular weight excluding hydrogens is 160 g/mol. The molecule has 0 N–H and O–H groups in total. The van der Waals surface area contributed by atoms with Crippen molar-refractivity contribution in [3.63, 3.8) is 0 Å². The van der Waals surface area contributed by atoms with Crippen LogP contribution in [0.15, 0.2) is 11.1 Å². The molecule has 2 aliphatic carbocycles. The maximum atomic E-state index is 11.5. The van der Waals surface area contributed by atoms with E-state index >= 15 is 0 Å². The van der Waals surface area contributed by atoms with Crippen LogP contribution in [0.4, 0.5) is 0 Å². The van der Waals surface area contributed by atoms with Crippen molar-refractivity contribution in [2.75, 3.05) is 0 Å². The van der Waals surface area contributed by atoms with E-state index < -0.39 is 0 Å². The summed E-state index contributed by atoms with van der Waals surface area (Å²) in [5, 5.41) is 0. The molecule has 2 unspecified atom stereocenters. The molecule has 1 fully saturated rings. The van der Waals surface area contributed by atoms with E-state index in [0.717, 1.165) is 31.1 Å². The number of rotatable bonds is 3. The fraction of sp³-hybridized carbons (Fsp3) is 0.750. The third-order valence-electron chi connectivity index (χ3n) is 3.64. The summed E-state index contributed by atoms with van der Waals surface area (Å²) in [5.74, 6) is 2.20. The van der Waals surface area contributed by atoms with Gasteiger partial charge in [0.1, 0.15) is 0 Å². The van der Waals surface area contributed by atoms with Crippen LogP contribution in [0.5, 0.6) is 0 Å². The first-order valence-electron chi connectivity index (χ1n) is 5.44. The van der Waals surface area contributed by atoms with E-state index in [4.69, 9.17) is 0 Å². The standard InChI is InChI=1S/C12H18O/c1-3-9-6-10(9)7-11-8(2)4-5-12(11)13/h9-10H,3-7H2,1-2H3. The first-order chi connectivity index (χ1) is 6.22. The highest BCUT2D eigenvalue weighted by Crippen LogP contribution is 2.46. The fourth-order valence-corrected chi connectivity index (χ4v) is 2.45. The summed E-state index contributed by atoms with van der Waals surface area (Å²) < 4.78 is 0. The van der Waals surface area contributed by atoms with Crippen LogP contribution in [0, 0.1) is 11.8 Å². The number of carbonyl (C=O) groups is 1. The van der Waals surface area contributed by atoms with Crippen LogP contribution in [-0.2, 0) is 4.79 Å². The minimum absolute atomic E-state index is 0.430. The van der Waals surface area contributed by atoms with E-state index in [-0.39, 0.29) is 0 Å². The minimum atomic E-state index is 0.430. The summed E-state index contributed by atoms with van der Waals surface area (Å²) in [6, 6.07) is 0. The van der Waals surface area contributed by atoms with Gasteiger partial charge < -0.3 is 0 Å². The van der Waals surface area contributed by atoms with Gasteiger partial charge in [0.25, 0.3) is 0 Å². The zero-order valence-corrected chi connectivity index (χ0v) is 8.60. The Balaban J connectivity index is 1.95. The van der Waals surface area contributed by atoms with Gasteiger partial charge in [-0.15, -0.1) is 0 Å². The van der Waals surface area contributed by atoms with Crippen LogP contribution in [0.1, 0.15) is 46.0 Å². The Bertz CT molecular complexity index is 262. The molecule has 1 heteroatoms. The summed E-state index contributed by atoms with van der Waals surface area (Å²) in [6.45, 7) is 4.38. The van der Waals surface area contributed by atoms with Crippen LogP contribution in [0.3, 0.4) is 0 Å². The molecule has 2 rings (SSSR count). The lowest BCUT2D eigenvalue weighted by Crippen LogP contribution is -1.98. The van der Waals surface area contributed by atoms with E-state index in [2.05, 4.69) is 13.8 Å². The van der Waals surface area contributed by atoms with Crippen molar-refractivity contribution in [3.05, 3.63) is 11.1 Å². The molecule has 1 nitrogen and oxygen atoms in total. The molecule has 0 aromatic heterocycles. The molecule has 0 spiro atoms. The van der Waals surface area contributed by atoms with Gasteiger partial charge in [0.15, 0.2) is 5.78 Å². The number of hydrogen-bond donors (Lipinski definition) is 0. The summed E-state index contributed by atoms with van der Waals surface area (Å²) in [7, 11) is 0. The Kier molecular flexibility index (Phi) is 2.27. The van der Waals surface area contributed by atoms with Crippen molar-refractivity contribution in [2.24, 2.45) is 11.8 Å². The van der Waals surface area contributed by atoms with Gasteiger partial charge in [-0.2, -0.15) is 0 Å². The summed E-state index contributed by atoms with van der Waals surface area (Å²) in [6.07, 6.45) is 5.55. The molecular formula is C12H18O. The zero-order valence-electron chi connectivity index (χ0n) is 8.60. The van der Waals surface area contributed by atoms with Crippen LogP contribution >= 0.6 is 0 Å². The van der Waals surface area contributed by atoms with Gasteiger partial charge in [0, 0.05) is 6.42 Å². The van der Waals surface area contributed by atoms with Crippen molar-refractivity contribution >= 4 is 5.78 Å². The maximum absolute atomic E-state index is 11.5. The van der Waals surface area contributed by atoms with Gasteiger partial charge in [-0.05, 0) is 43.6 Å².